The number of rotatable bonds is 5. The molecule has 3 heterocycles. The lowest BCUT2D eigenvalue weighted by molar-refractivity contribution is 0.215. The smallest absolute Gasteiger partial charge is 0.194 e. The second-order valence-electron chi connectivity index (χ2n) is 8.67. The van der Waals surface area contributed by atoms with Crippen molar-refractivity contribution in [2.75, 3.05) is 26.0 Å². The van der Waals surface area contributed by atoms with Crippen LogP contribution in [0, 0.1) is 0 Å². The molecule has 0 atom stereocenters. The minimum atomic E-state index is 0.164. The van der Waals surface area contributed by atoms with Gasteiger partial charge in [0.25, 0.3) is 0 Å². The minimum absolute atomic E-state index is 0.164. The van der Waals surface area contributed by atoms with Crippen LogP contribution in [0.1, 0.15) is 25.7 Å². The second-order valence-corrected chi connectivity index (χ2v) is 9.68. The van der Waals surface area contributed by atoms with Crippen LogP contribution in [-0.2, 0) is 0 Å². The van der Waals surface area contributed by atoms with Crippen LogP contribution in [0.4, 0.5) is 5.13 Å². The van der Waals surface area contributed by atoms with Gasteiger partial charge in [-0.3, -0.25) is 5.10 Å². The van der Waals surface area contributed by atoms with E-state index in [2.05, 4.69) is 51.3 Å². The molecule has 0 aliphatic heterocycles. The second kappa shape index (κ2) is 8.48. The Balaban J connectivity index is 1.38. The first kappa shape index (κ1) is 20.8. The predicted octanol–water partition coefficient (Wildman–Crippen LogP) is 4.16. The van der Waals surface area contributed by atoms with Crippen LogP contribution in [-0.4, -0.2) is 68.6 Å². The summed E-state index contributed by atoms with van der Waals surface area (Å²) in [5.74, 6) is 0.164. The molecule has 2 N–H and O–H groups in total. The summed E-state index contributed by atoms with van der Waals surface area (Å²) >= 11 is 1.63. The topological polar surface area (TPSA) is 94.1 Å². The Bertz CT molecular complexity index is 1210. The summed E-state index contributed by atoms with van der Waals surface area (Å²) in [5, 5.41) is 27.0. The number of aromatic amines is 1. The van der Waals surface area contributed by atoms with Gasteiger partial charge in [-0.2, -0.15) is 10.1 Å². The van der Waals surface area contributed by atoms with Crippen molar-refractivity contribution in [1.82, 2.24) is 30.3 Å². The van der Waals surface area contributed by atoms with Crippen molar-refractivity contribution in [3.05, 3.63) is 36.7 Å². The Morgan fingerprint density at radius 3 is 2.47 bits per heavy atom. The number of hydrogen-bond donors (Lipinski definition) is 2. The molecule has 166 valence electrons. The molecule has 0 saturated heterocycles. The molecular formula is C23H27N7OS. The van der Waals surface area contributed by atoms with Crippen molar-refractivity contribution in [1.29, 1.82) is 0 Å². The van der Waals surface area contributed by atoms with Gasteiger partial charge in [0.15, 0.2) is 10.8 Å². The van der Waals surface area contributed by atoms with E-state index >= 15 is 0 Å². The molecule has 9 heteroatoms. The summed E-state index contributed by atoms with van der Waals surface area (Å²) in [6, 6.07) is 8.68. The number of H-pyrrole nitrogens is 1. The number of benzene rings is 1. The van der Waals surface area contributed by atoms with Crippen LogP contribution < -0.4 is 4.90 Å². The van der Waals surface area contributed by atoms with Gasteiger partial charge >= 0.3 is 0 Å². The normalized spacial score (nSPS) is 19.0. The molecule has 5 rings (SSSR count). The number of aromatic hydroxyl groups is 1. The van der Waals surface area contributed by atoms with Crippen molar-refractivity contribution >= 4 is 26.8 Å². The zero-order chi connectivity index (χ0) is 22.2. The SMILES string of the molecule is CN(C)[C@H]1CC[C@H](N(C)c2nc3nnc(-c4ccc(-c5cn[nH]c5)cc4O)cc3s2)CC1. The zero-order valence-corrected chi connectivity index (χ0v) is 19.3. The molecule has 4 aromatic rings. The molecule has 3 aromatic heterocycles. The number of aromatic nitrogens is 5. The standard InChI is InChI=1S/C23H27N7OS/c1-29(2)16-5-7-17(8-6-16)30(3)23-26-22-21(32-23)11-19(27-28-22)18-9-4-14(10-20(18)31)15-12-24-25-13-15/h4,9-13,16-17,31H,5-8H2,1-3H3,(H,24,25)/t16-,17-. The Morgan fingerprint density at radius 2 is 1.78 bits per heavy atom. The van der Waals surface area contributed by atoms with Gasteiger partial charge in [0.1, 0.15) is 5.75 Å². The summed E-state index contributed by atoms with van der Waals surface area (Å²) in [6.07, 6.45) is 8.29. The van der Waals surface area contributed by atoms with E-state index in [9.17, 15) is 5.11 Å². The predicted molar refractivity (Wildman–Crippen MR) is 128 cm³/mol. The third-order valence-electron chi connectivity index (χ3n) is 6.49. The Labute approximate surface area is 190 Å². The van der Waals surface area contributed by atoms with Gasteiger partial charge in [-0.1, -0.05) is 17.4 Å². The molecule has 8 nitrogen and oxygen atoms in total. The maximum Gasteiger partial charge on any atom is 0.194 e. The first-order valence-electron chi connectivity index (χ1n) is 10.9. The van der Waals surface area contributed by atoms with E-state index in [1.54, 1.807) is 29.8 Å². The maximum atomic E-state index is 10.6. The van der Waals surface area contributed by atoms with E-state index < -0.39 is 0 Å². The quantitative estimate of drug-likeness (QED) is 0.472. The van der Waals surface area contributed by atoms with Gasteiger partial charge in [0, 0.05) is 36.5 Å². The maximum absolute atomic E-state index is 10.6. The molecule has 0 spiro atoms. The number of anilines is 1. The van der Waals surface area contributed by atoms with E-state index in [1.807, 2.05) is 18.2 Å². The zero-order valence-electron chi connectivity index (χ0n) is 18.5. The van der Waals surface area contributed by atoms with Crippen molar-refractivity contribution < 1.29 is 5.11 Å². The summed E-state index contributed by atoms with van der Waals surface area (Å²) < 4.78 is 0.970. The number of thiazole rings is 1. The Hall–Kier alpha value is -3.04. The summed E-state index contributed by atoms with van der Waals surface area (Å²) in [5.41, 5.74) is 3.75. The highest BCUT2D eigenvalue weighted by atomic mass is 32.1. The van der Waals surface area contributed by atoms with Gasteiger partial charge in [-0.15, -0.1) is 10.2 Å². The van der Waals surface area contributed by atoms with Gasteiger partial charge in [0.2, 0.25) is 0 Å². The van der Waals surface area contributed by atoms with Gasteiger partial charge in [0.05, 0.1) is 16.6 Å². The number of hydrogen-bond acceptors (Lipinski definition) is 8. The molecule has 1 fully saturated rings. The highest BCUT2D eigenvalue weighted by molar-refractivity contribution is 7.22. The first-order valence-corrected chi connectivity index (χ1v) is 11.7. The number of nitrogens with one attached hydrogen (secondary N) is 1. The summed E-state index contributed by atoms with van der Waals surface area (Å²) in [6.45, 7) is 0. The van der Waals surface area contributed by atoms with E-state index in [-0.39, 0.29) is 5.75 Å². The third kappa shape index (κ3) is 3.93. The van der Waals surface area contributed by atoms with E-state index in [4.69, 9.17) is 4.98 Å². The molecule has 0 bridgehead atoms. The molecule has 0 unspecified atom stereocenters. The van der Waals surface area contributed by atoms with Gasteiger partial charge < -0.3 is 14.9 Å². The van der Waals surface area contributed by atoms with Crippen LogP contribution in [0.25, 0.3) is 32.7 Å². The number of phenols is 1. The van der Waals surface area contributed by atoms with Crippen LogP contribution in [0.3, 0.4) is 0 Å². The average Bonchev–Trinajstić information content (AvgIpc) is 3.48. The third-order valence-corrected chi connectivity index (χ3v) is 7.58. The van der Waals surface area contributed by atoms with Crippen molar-refractivity contribution in [3.63, 3.8) is 0 Å². The fourth-order valence-electron chi connectivity index (χ4n) is 4.47. The van der Waals surface area contributed by atoms with Crippen LogP contribution >= 0.6 is 11.3 Å². The van der Waals surface area contributed by atoms with Crippen molar-refractivity contribution in [3.8, 4) is 28.1 Å². The van der Waals surface area contributed by atoms with E-state index in [1.165, 1.54) is 25.7 Å². The average molecular weight is 450 g/mol. The Kier molecular flexibility index (Phi) is 5.52. The number of fused-ring (bicyclic) bond motifs is 1. The van der Waals surface area contributed by atoms with E-state index in [0.29, 0.717) is 29.0 Å². The van der Waals surface area contributed by atoms with E-state index in [0.717, 1.165) is 21.0 Å². The lowest BCUT2D eigenvalue weighted by Gasteiger charge is -2.36. The molecule has 32 heavy (non-hydrogen) atoms. The summed E-state index contributed by atoms with van der Waals surface area (Å²) in [7, 11) is 6.47. The molecule has 1 aliphatic rings. The lowest BCUT2D eigenvalue weighted by Crippen LogP contribution is -2.40. The van der Waals surface area contributed by atoms with Crippen LogP contribution in [0.15, 0.2) is 36.7 Å². The lowest BCUT2D eigenvalue weighted by atomic mass is 9.90. The van der Waals surface area contributed by atoms with Crippen molar-refractivity contribution in [2.24, 2.45) is 0 Å². The Morgan fingerprint density at radius 1 is 1.00 bits per heavy atom. The monoisotopic (exact) mass is 449 g/mol. The molecular weight excluding hydrogens is 422 g/mol. The minimum Gasteiger partial charge on any atom is -0.507 e. The van der Waals surface area contributed by atoms with Crippen LogP contribution in [0.2, 0.25) is 0 Å². The summed E-state index contributed by atoms with van der Waals surface area (Å²) in [4.78, 5) is 9.37. The van der Waals surface area contributed by atoms with Crippen molar-refractivity contribution in [2.45, 2.75) is 37.8 Å². The molecule has 1 aromatic carbocycles. The highest BCUT2D eigenvalue weighted by Gasteiger charge is 2.26. The molecule has 0 radical (unpaired) electrons. The fraction of sp³-hybridized carbons (Fsp3) is 0.391. The number of phenolic OH excluding ortho intramolecular Hbond substituents is 1. The molecule has 1 aliphatic carbocycles. The van der Waals surface area contributed by atoms with Gasteiger partial charge in [-0.25, -0.2) is 0 Å². The highest BCUT2D eigenvalue weighted by Crippen LogP contribution is 2.36. The largest absolute Gasteiger partial charge is 0.507 e. The van der Waals surface area contributed by atoms with Gasteiger partial charge in [-0.05, 0) is 63.5 Å². The fourth-order valence-corrected chi connectivity index (χ4v) is 5.44. The first-order chi connectivity index (χ1) is 15.5. The molecule has 1 saturated carbocycles. The number of nitrogens with zero attached hydrogens (tertiary/aromatic N) is 6. The van der Waals surface area contributed by atoms with Crippen LogP contribution in [0.5, 0.6) is 5.75 Å². The molecule has 0 amide bonds.